The molecule has 4 heteroatoms. The highest BCUT2D eigenvalue weighted by molar-refractivity contribution is 5.94. The quantitative estimate of drug-likeness (QED) is 0.901. The highest BCUT2D eigenvalue weighted by atomic mass is 16.5. The second-order valence-corrected chi connectivity index (χ2v) is 6.78. The zero-order valence-corrected chi connectivity index (χ0v) is 13.5. The van der Waals surface area contributed by atoms with Crippen molar-refractivity contribution in [2.75, 3.05) is 33.9 Å². The van der Waals surface area contributed by atoms with E-state index in [1.807, 2.05) is 24.3 Å². The van der Waals surface area contributed by atoms with Crippen LogP contribution in [0.5, 0.6) is 0 Å². The minimum absolute atomic E-state index is 0.00130. The molecule has 1 fully saturated rings. The van der Waals surface area contributed by atoms with Gasteiger partial charge < -0.3 is 15.0 Å². The topological polar surface area (TPSA) is 41.6 Å². The van der Waals surface area contributed by atoms with Crippen molar-refractivity contribution in [1.29, 1.82) is 0 Å². The summed E-state index contributed by atoms with van der Waals surface area (Å²) in [5.74, 6) is -0.0160. The van der Waals surface area contributed by atoms with E-state index in [0.29, 0.717) is 18.8 Å². The number of benzene rings is 1. The largest absolute Gasteiger partial charge is 0.379 e. The molecule has 0 radical (unpaired) electrons. The fraction of sp³-hybridized carbons (Fsp3) is 0.588. The molecule has 0 aromatic heterocycles. The Hall–Kier alpha value is -1.39. The summed E-state index contributed by atoms with van der Waals surface area (Å²) >= 11 is 0. The van der Waals surface area contributed by atoms with Gasteiger partial charge in [-0.2, -0.15) is 0 Å². The summed E-state index contributed by atoms with van der Waals surface area (Å²) in [7, 11) is 4.13. The van der Waals surface area contributed by atoms with Gasteiger partial charge in [0.1, 0.15) is 0 Å². The molecule has 1 unspecified atom stereocenters. The lowest BCUT2D eigenvalue weighted by Gasteiger charge is -2.25. The Morgan fingerprint density at radius 1 is 1.33 bits per heavy atom. The number of hydrogen-bond donors (Lipinski definition) is 1. The summed E-state index contributed by atoms with van der Waals surface area (Å²) in [5.41, 5.74) is 1.97. The number of carbonyl (C=O) groups is 1. The lowest BCUT2D eigenvalue weighted by Crippen LogP contribution is -2.44. The summed E-state index contributed by atoms with van der Waals surface area (Å²) < 4.78 is 5.46. The van der Waals surface area contributed by atoms with Crippen LogP contribution in [0.2, 0.25) is 0 Å². The maximum absolute atomic E-state index is 12.3. The first-order valence-electron chi connectivity index (χ1n) is 7.51. The Bertz CT molecular complexity index is 480. The van der Waals surface area contributed by atoms with Crippen molar-refractivity contribution in [1.82, 2.24) is 10.2 Å². The normalized spacial score (nSPS) is 20.7. The first-order chi connectivity index (χ1) is 9.88. The van der Waals surface area contributed by atoms with Crippen molar-refractivity contribution in [2.24, 2.45) is 5.41 Å². The number of ether oxygens (including phenoxy) is 1. The third kappa shape index (κ3) is 4.29. The van der Waals surface area contributed by atoms with E-state index in [4.69, 9.17) is 4.74 Å². The standard InChI is InChI=1S/C17H26N2O2/c1-17(2)12-21-11-15(17)18-16(20)14-7-5-13(6-8-14)9-10-19(3)4/h5-8,15H,9-12H2,1-4H3,(H,18,20). The molecule has 0 bridgehead atoms. The SMILES string of the molecule is CN(C)CCc1ccc(C(=O)NC2COCC2(C)C)cc1. The molecule has 1 aliphatic rings. The van der Waals surface area contributed by atoms with Crippen molar-refractivity contribution in [3.05, 3.63) is 35.4 Å². The van der Waals surface area contributed by atoms with Gasteiger partial charge in [-0.1, -0.05) is 26.0 Å². The van der Waals surface area contributed by atoms with Gasteiger partial charge in [0.25, 0.3) is 5.91 Å². The third-order valence-electron chi connectivity index (χ3n) is 4.07. The van der Waals surface area contributed by atoms with E-state index >= 15 is 0 Å². The second kappa shape index (κ2) is 6.58. The zero-order valence-electron chi connectivity index (χ0n) is 13.5. The van der Waals surface area contributed by atoms with Gasteiger partial charge in [-0.05, 0) is 38.2 Å². The molecule has 4 nitrogen and oxygen atoms in total. The number of rotatable bonds is 5. The van der Waals surface area contributed by atoms with E-state index in [-0.39, 0.29) is 17.4 Å². The number of amides is 1. The van der Waals surface area contributed by atoms with Gasteiger partial charge >= 0.3 is 0 Å². The molecule has 1 amide bonds. The molecule has 1 aromatic rings. The lowest BCUT2D eigenvalue weighted by molar-refractivity contribution is 0.0915. The smallest absolute Gasteiger partial charge is 0.251 e. The van der Waals surface area contributed by atoms with Gasteiger partial charge in [-0.3, -0.25) is 4.79 Å². The van der Waals surface area contributed by atoms with E-state index in [2.05, 4.69) is 38.2 Å². The van der Waals surface area contributed by atoms with Crippen molar-refractivity contribution < 1.29 is 9.53 Å². The van der Waals surface area contributed by atoms with Gasteiger partial charge in [0.2, 0.25) is 0 Å². The fourth-order valence-corrected chi connectivity index (χ4v) is 2.42. The highest BCUT2D eigenvalue weighted by Gasteiger charge is 2.36. The summed E-state index contributed by atoms with van der Waals surface area (Å²) in [6, 6.07) is 7.97. The van der Waals surface area contributed by atoms with Crippen LogP contribution in [0.25, 0.3) is 0 Å². The highest BCUT2D eigenvalue weighted by Crippen LogP contribution is 2.27. The molecule has 1 atom stereocenters. The van der Waals surface area contributed by atoms with Gasteiger partial charge in [0, 0.05) is 17.5 Å². The van der Waals surface area contributed by atoms with Crippen LogP contribution in [0.3, 0.4) is 0 Å². The summed E-state index contributed by atoms with van der Waals surface area (Å²) in [6.45, 7) is 6.55. The number of hydrogen-bond acceptors (Lipinski definition) is 3. The van der Waals surface area contributed by atoms with Crippen LogP contribution in [-0.4, -0.2) is 50.7 Å². The average molecular weight is 290 g/mol. The predicted molar refractivity (Wildman–Crippen MR) is 84.6 cm³/mol. The minimum Gasteiger partial charge on any atom is -0.379 e. The van der Waals surface area contributed by atoms with E-state index in [1.165, 1.54) is 5.56 Å². The summed E-state index contributed by atoms with van der Waals surface area (Å²) in [4.78, 5) is 14.4. The lowest BCUT2D eigenvalue weighted by atomic mass is 9.88. The first-order valence-corrected chi connectivity index (χ1v) is 7.51. The second-order valence-electron chi connectivity index (χ2n) is 6.78. The molecule has 1 aromatic carbocycles. The zero-order chi connectivity index (χ0) is 15.5. The molecule has 0 saturated carbocycles. The fourth-order valence-electron chi connectivity index (χ4n) is 2.42. The molecule has 0 spiro atoms. The van der Waals surface area contributed by atoms with Gasteiger partial charge in [-0.15, -0.1) is 0 Å². The first kappa shape index (κ1) is 16.0. The number of likely N-dealkylation sites (N-methyl/N-ethyl adjacent to an activating group) is 1. The third-order valence-corrected chi connectivity index (χ3v) is 4.07. The molecule has 1 aliphatic heterocycles. The van der Waals surface area contributed by atoms with Crippen molar-refractivity contribution in [3.63, 3.8) is 0 Å². The van der Waals surface area contributed by atoms with E-state index < -0.39 is 0 Å². The van der Waals surface area contributed by atoms with Crippen LogP contribution in [0, 0.1) is 5.41 Å². The maximum atomic E-state index is 12.3. The molecule has 1 saturated heterocycles. The number of carbonyl (C=O) groups excluding carboxylic acids is 1. The Labute approximate surface area is 127 Å². The summed E-state index contributed by atoms with van der Waals surface area (Å²) in [6.07, 6.45) is 0.998. The van der Waals surface area contributed by atoms with Crippen LogP contribution in [0.15, 0.2) is 24.3 Å². The predicted octanol–water partition coefficient (Wildman–Crippen LogP) is 1.95. The van der Waals surface area contributed by atoms with Gasteiger partial charge in [-0.25, -0.2) is 0 Å². The Morgan fingerprint density at radius 2 is 2.00 bits per heavy atom. The monoisotopic (exact) mass is 290 g/mol. The van der Waals surface area contributed by atoms with E-state index in [0.717, 1.165) is 13.0 Å². The number of nitrogens with zero attached hydrogens (tertiary/aromatic N) is 1. The van der Waals surface area contributed by atoms with Crippen LogP contribution >= 0.6 is 0 Å². The molecule has 2 rings (SSSR count). The molecular weight excluding hydrogens is 264 g/mol. The minimum atomic E-state index is -0.0160. The molecular formula is C17H26N2O2. The molecule has 21 heavy (non-hydrogen) atoms. The molecule has 0 aliphatic carbocycles. The Balaban J connectivity index is 1.94. The van der Waals surface area contributed by atoms with Gasteiger partial charge in [0.05, 0.1) is 19.3 Å². The molecule has 116 valence electrons. The Kier molecular flexibility index (Phi) is 5.01. The molecule has 1 N–H and O–H groups in total. The van der Waals surface area contributed by atoms with Crippen LogP contribution in [0.1, 0.15) is 29.8 Å². The van der Waals surface area contributed by atoms with E-state index in [1.54, 1.807) is 0 Å². The van der Waals surface area contributed by atoms with Crippen molar-refractivity contribution in [3.8, 4) is 0 Å². The van der Waals surface area contributed by atoms with E-state index in [9.17, 15) is 4.79 Å². The maximum Gasteiger partial charge on any atom is 0.251 e. The Morgan fingerprint density at radius 3 is 2.52 bits per heavy atom. The average Bonchev–Trinajstić information content (AvgIpc) is 2.76. The number of nitrogens with one attached hydrogen (secondary N) is 1. The van der Waals surface area contributed by atoms with Gasteiger partial charge in [0.15, 0.2) is 0 Å². The van der Waals surface area contributed by atoms with Crippen LogP contribution < -0.4 is 5.32 Å². The van der Waals surface area contributed by atoms with Crippen LogP contribution in [0.4, 0.5) is 0 Å². The van der Waals surface area contributed by atoms with Crippen molar-refractivity contribution in [2.45, 2.75) is 26.3 Å². The van der Waals surface area contributed by atoms with Crippen molar-refractivity contribution >= 4 is 5.91 Å². The molecule has 1 heterocycles. The summed E-state index contributed by atoms with van der Waals surface area (Å²) in [5, 5.41) is 3.08. The van der Waals surface area contributed by atoms with Crippen LogP contribution in [-0.2, 0) is 11.2 Å².